The molecule has 1 rings (SSSR count). The van der Waals surface area contributed by atoms with E-state index in [2.05, 4.69) is 20.7 Å². The predicted octanol–water partition coefficient (Wildman–Crippen LogP) is 2.02. The zero-order chi connectivity index (χ0) is 14.6. The van der Waals surface area contributed by atoms with Crippen molar-refractivity contribution in [1.82, 2.24) is 0 Å². The Bertz CT molecular complexity index is 524. The van der Waals surface area contributed by atoms with Crippen LogP contribution in [0, 0.1) is 5.92 Å². The summed E-state index contributed by atoms with van der Waals surface area (Å²) in [6.07, 6.45) is 0. The number of rotatable bonds is 5. The maximum Gasteiger partial charge on any atom is 0.324 e. The van der Waals surface area contributed by atoms with E-state index in [1.165, 1.54) is 20.1 Å². The average Bonchev–Trinajstić information content (AvgIpc) is 2.37. The summed E-state index contributed by atoms with van der Waals surface area (Å²) in [6, 6.07) is 4.70. The summed E-state index contributed by atoms with van der Waals surface area (Å²) >= 11 is 3.24. The Morgan fingerprint density at radius 1 is 1.21 bits per heavy atom. The number of methoxy groups -OCH3 is 2. The third-order valence-corrected chi connectivity index (χ3v) is 3.03. The van der Waals surface area contributed by atoms with Crippen molar-refractivity contribution in [3.63, 3.8) is 0 Å². The van der Waals surface area contributed by atoms with Gasteiger partial charge in [-0.1, -0.05) is 15.9 Å². The van der Waals surface area contributed by atoms with Crippen LogP contribution in [0.4, 0.5) is 0 Å². The first kappa shape index (κ1) is 15.4. The quantitative estimate of drug-likeness (QED) is 0.470. The number of hydrogen-bond acceptors (Lipinski definition) is 5. The summed E-state index contributed by atoms with van der Waals surface area (Å²) in [5.41, 5.74) is 0.163. The number of carbonyl (C=O) groups is 3. The monoisotopic (exact) mass is 328 g/mol. The van der Waals surface area contributed by atoms with Gasteiger partial charge in [-0.05, 0) is 25.1 Å². The lowest BCUT2D eigenvalue weighted by atomic mass is 9.94. The molecule has 1 atom stereocenters. The second-order valence-corrected chi connectivity index (χ2v) is 4.69. The van der Waals surface area contributed by atoms with Gasteiger partial charge in [0.2, 0.25) is 0 Å². The molecule has 0 aliphatic carbocycles. The summed E-state index contributed by atoms with van der Waals surface area (Å²) in [5, 5.41) is 0. The van der Waals surface area contributed by atoms with Crippen molar-refractivity contribution in [3.05, 3.63) is 28.2 Å². The lowest BCUT2D eigenvalue weighted by Gasteiger charge is -2.13. The average molecular weight is 329 g/mol. The van der Waals surface area contributed by atoms with Gasteiger partial charge in [-0.25, -0.2) is 0 Å². The van der Waals surface area contributed by atoms with Crippen LogP contribution in [0.25, 0.3) is 0 Å². The molecule has 0 radical (unpaired) electrons. The first-order valence-corrected chi connectivity index (χ1v) is 6.17. The minimum absolute atomic E-state index is 0.163. The lowest BCUT2D eigenvalue weighted by Crippen LogP contribution is -2.31. The molecule has 0 aliphatic heterocycles. The highest BCUT2D eigenvalue weighted by molar-refractivity contribution is 9.10. The predicted molar refractivity (Wildman–Crippen MR) is 71.2 cm³/mol. The van der Waals surface area contributed by atoms with Crippen molar-refractivity contribution in [2.24, 2.45) is 5.92 Å². The van der Waals surface area contributed by atoms with Gasteiger partial charge in [0.05, 0.1) is 19.8 Å². The molecular weight excluding hydrogens is 316 g/mol. The molecule has 6 heteroatoms. The summed E-state index contributed by atoms with van der Waals surface area (Å²) < 4.78 is 10.3. The summed E-state index contributed by atoms with van der Waals surface area (Å²) in [4.78, 5) is 35.2. The Morgan fingerprint density at radius 2 is 1.84 bits per heavy atom. The van der Waals surface area contributed by atoms with Crippen LogP contribution in [0.2, 0.25) is 0 Å². The third-order valence-electron chi connectivity index (χ3n) is 2.53. The molecule has 0 fully saturated rings. The van der Waals surface area contributed by atoms with Crippen LogP contribution >= 0.6 is 15.9 Å². The molecule has 0 N–H and O–H groups in total. The third kappa shape index (κ3) is 3.41. The highest BCUT2D eigenvalue weighted by Crippen LogP contribution is 2.26. The Balaban J connectivity index is 3.24. The smallest absolute Gasteiger partial charge is 0.324 e. The zero-order valence-corrected chi connectivity index (χ0v) is 12.3. The van der Waals surface area contributed by atoms with E-state index in [9.17, 15) is 14.4 Å². The maximum absolute atomic E-state index is 12.3. The standard InChI is InChI=1S/C13H13BrO5/c1-7(15)11(13(17)19-3)12(16)9-5-4-8(14)6-10(9)18-2/h4-6,11H,1-3H3/t11-/m1/s1. The van der Waals surface area contributed by atoms with Crippen LogP contribution in [0.15, 0.2) is 22.7 Å². The van der Waals surface area contributed by atoms with Gasteiger partial charge in [-0.15, -0.1) is 0 Å². The SMILES string of the molecule is COC(=O)[C@H](C(C)=O)C(=O)c1ccc(Br)cc1OC. The number of ether oxygens (including phenoxy) is 2. The minimum Gasteiger partial charge on any atom is -0.496 e. The topological polar surface area (TPSA) is 69.7 Å². The van der Waals surface area contributed by atoms with Gasteiger partial charge in [0.25, 0.3) is 0 Å². The van der Waals surface area contributed by atoms with Crippen LogP contribution in [0.3, 0.4) is 0 Å². The molecule has 1 aromatic carbocycles. The number of carbonyl (C=O) groups excluding carboxylic acids is 3. The number of ketones is 2. The molecule has 0 unspecified atom stereocenters. The van der Waals surface area contributed by atoms with Gasteiger partial charge in [0.15, 0.2) is 17.5 Å². The van der Waals surface area contributed by atoms with Crippen LogP contribution in [0.1, 0.15) is 17.3 Å². The van der Waals surface area contributed by atoms with Crippen molar-refractivity contribution in [1.29, 1.82) is 0 Å². The Kier molecular flexibility index (Phi) is 5.23. The lowest BCUT2D eigenvalue weighted by molar-refractivity contribution is -0.146. The molecule has 1 aromatic rings. The van der Waals surface area contributed by atoms with E-state index in [1.807, 2.05) is 0 Å². The van der Waals surface area contributed by atoms with E-state index in [0.717, 1.165) is 11.6 Å². The first-order chi connectivity index (χ1) is 8.92. The van der Waals surface area contributed by atoms with Gasteiger partial charge < -0.3 is 9.47 Å². The number of hydrogen-bond donors (Lipinski definition) is 0. The van der Waals surface area contributed by atoms with Crippen LogP contribution < -0.4 is 4.74 Å². The van der Waals surface area contributed by atoms with Crippen molar-refractivity contribution < 1.29 is 23.9 Å². The van der Waals surface area contributed by atoms with E-state index in [4.69, 9.17) is 4.74 Å². The van der Waals surface area contributed by atoms with Crippen LogP contribution in [-0.4, -0.2) is 31.8 Å². The number of esters is 1. The summed E-state index contributed by atoms with van der Waals surface area (Å²) in [6.45, 7) is 1.17. The van der Waals surface area contributed by atoms with Crippen LogP contribution in [0.5, 0.6) is 5.75 Å². The van der Waals surface area contributed by atoms with E-state index in [1.54, 1.807) is 12.1 Å². The molecule has 19 heavy (non-hydrogen) atoms. The van der Waals surface area contributed by atoms with Crippen molar-refractivity contribution in [2.45, 2.75) is 6.92 Å². The molecule has 0 saturated carbocycles. The maximum atomic E-state index is 12.3. The normalized spacial score (nSPS) is 11.6. The highest BCUT2D eigenvalue weighted by atomic mass is 79.9. The fourth-order valence-electron chi connectivity index (χ4n) is 1.60. The van der Waals surface area contributed by atoms with Gasteiger partial charge in [-0.2, -0.15) is 0 Å². The van der Waals surface area contributed by atoms with Gasteiger partial charge in [0, 0.05) is 4.47 Å². The molecular formula is C13H13BrO5. The molecule has 0 bridgehead atoms. The highest BCUT2D eigenvalue weighted by Gasteiger charge is 2.34. The summed E-state index contributed by atoms with van der Waals surface area (Å²) in [7, 11) is 2.53. The molecule has 0 aromatic heterocycles. The number of halogens is 1. The Labute approximate surface area is 119 Å². The van der Waals surface area contributed by atoms with Crippen molar-refractivity contribution in [2.75, 3.05) is 14.2 Å². The van der Waals surface area contributed by atoms with Crippen LogP contribution in [-0.2, 0) is 14.3 Å². The van der Waals surface area contributed by atoms with Crippen molar-refractivity contribution in [3.8, 4) is 5.75 Å². The fraction of sp³-hybridized carbons (Fsp3) is 0.308. The Hall–Kier alpha value is -1.69. The minimum atomic E-state index is -1.46. The molecule has 0 saturated heterocycles. The largest absolute Gasteiger partial charge is 0.496 e. The zero-order valence-electron chi connectivity index (χ0n) is 10.7. The number of benzene rings is 1. The van der Waals surface area contributed by atoms with E-state index in [0.29, 0.717) is 0 Å². The van der Waals surface area contributed by atoms with Gasteiger partial charge in [-0.3, -0.25) is 14.4 Å². The fourth-order valence-corrected chi connectivity index (χ4v) is 1.94. The molecule has 102 valence electrons. The van der Waals surface area contributed by atoms with E-state index < -0.39 is 23.5 Å². The first-order valence-electron chi connectivity index (χ1n) is 5.38. The second-order valence-electron chi connectivity index (χ2n) is 3.78. The molecule has 0 amide bonds. The van der Waals surface area contributed by atoms with Gasteiger partial charge in [0.1, 0.15) is 5.75 Å². The molecule has 0 aliphatic rings. The van der Waals surface area contributed by atoms with E-state index >= 15 is 0 Å². The second kappa shape index (κ2) is 6.47. The Morgan fingerprint density at radius 3 is 2.32 bits per heavy atom. The molecule has 5 nitrogen and oxygen atoms in total. The summed E-state index contributed by atoms with van der Waals surface area (Å²) in [5.74, 6) is -3.25. The van der Waals surface area contributed by atoms with E-state index in [-0.39, 0.29) is 11.3 Å². The molecule has 0 spiro atoms. The number of Topliss-reactive ketones (excluding diaryl/α,β-unsaturated/α-hetero) is 2. The van der Waals surface area contributed by atoms with Gasteiger partial charge >= 0.3 is 5.97 Å². The van der Waals surface area contributed by atoms with Crippen molar-refractivity contribution >= 4 is 33.5 Å². The molecule has 0 heterocycles.